The molecule has 0 saturated carbocycles. The van der Waals surface area contributed by atoms with Gasteiger partial charge < -0.3 is 5.32 Å². The summed E-state index contributed by atoms with van der Waals surface area (Å²) in [6, 6.07) is 9.10. The number of nitrogens with zero attached hydrogens (tertiary/aromatic N) is 1. The van der Waals surface area contributed by atoms with Crippen LogP contribution in [0.5, 0.6) is 0 Å². The van der Waals surface area contributed by atoms with E-state index in [0.717, 1.165) is 23.9 Å². The number of hydrogen-bond donors (Lipinski definition) is 3. The van der Waals surface area contributed by atoms with Gasteiger partial charge in [-0.25, -0.2) is 0 Å². The summed E-state index contributed by atoms with van der Waals surface area (Å²) in [5.74, 6) is -0.454. The number of unbranched alkanes of at least 4 members (excludes halogenated alkanes) is 1. The fourth-order valence-electron chi connectivity index (χ4n) is 3.10. The first-order valence-electron chi connectivity index (χ1n) is 8.80. The van der Waals surface area contributed by atoms with Gasteiger partial charge in [0.1, 0.15) is 0 Å². The van der Waals surface area contributed by atoms with E-state index in [-0.39, 0.29) is 11.8 Å². The number of nitrogens with one attached hydrogen (secondary N) is 3. The lowest BCUT2D eigenvalue weighted by atomic mass is 9.93. The summed E-state index contributed by atoms with van der Waals surface area (Å²) < 4.78 is 0. The lowest BCUT2D eigenvalue weighted by Crippen LogP contribution is -2.41. The summed E-state index contributed by atoms with van der Waals surface area (Å²) in [5, 5.41) is 4.97. The first-order valence-corrected chi connectivity index (χ1v) is 9.21. The molecule has 136 valence electrons. The minimum atomic E-state index is -0.227. The molecule has 2 aromatic carbocycles. The van der Waals surface area contributed by atoms with Crippen LogP contribution in [0.2, 0.25) is 0 Å². The Hall–Kier alpha value is -2.67. The molecule has 1 aliphatic rings. The number of thiocarbonyl (C=S) groups is 1. The molecule has 0 aromatic heterocycles. The predicted octanol–water partition coefficient (Wildman–Crippen LogP) is 3.05. The number of benzene rings is 2. The van der Waals surface area contributed by atoms with Crippen molar-refractivity contribution in [1.29, 1.82) is 0 Å². The van der Waals surface area contributed by atoms with E-state index in [9.17, 15) is 9.59 Å². The molecule has 7 heteroatoms. The summed E-state index contributed by atoms with van der Waals surface area (Å²) in [6.45, 7) is 5.16. The monoisotopic (exact) mass is 370 g/mol. The third-order valence-electron chi connectivity index (χ3n) is 4.38. The Bertz CT molecular complexity index is 859. The van der Waals surface area contributed by atoms with Crippen LogP contribution in [0.3, 0.4) is 0 Å². The van der Waals surface area contributed by atoms with Crippen LogP contribution in [0.25, 0.3) is 10.8 Å². The Morgan fingerprint density at radius 2 is 1.81 bits per heavy atom. The van der Waals surface area contributed by atoms with E-state index < -0.39 is 0 Å². The zero-order valence-electron chi connectivity index (χ0n) is 14.9. The van der Waals surface area contributed by atoms with E-state index in [4.69, 9.17) is 12.2 Å². The highest BCUT2D eigenvalue weighted by Crippen LogP contribution is 2.34. The topological polar surface area (TPSA) is 73.5 Å². The van der Waals surface area contributed by atoms with Crippen LogP contribution in [0.4, 0.5) is 5.69 Å². The van der Waals surface area contributed by atoms with E-state index in [1.165, 1.54) is 4.90 Å². The largest absolute Gasteiger partial charge is 0.362 e. The van der Waals surface area contributed by atoms with Gasteiger partial charge >= 0.3 is 0 Å². The van der Waals surface area contributed by atoms with Crippen molar-refractivity contribution in [2.24, 2.45) is 0 Å². The van der Waals surface area contributed by atoms with E-state index >= 15 is 0 Å². The maximum Gasteiger partial charge on any atom is 0.261 e. The molecule has 0 atom stereocenters. The second-order valence-electron chi connectivity index (χ2n) is 6.11. The number of rotatable bonds is 6. The molecule has 3 N–H and O–H groups in total. The average molecular weight is 370 g/mol. The third-order valence-corrected chi connectivity index (χ3v) is 4.62. The molecule has 3 rings (SSSR count). The Morgan fingerprint density at radius 1 is 1.08 bits per heavy atom. The maximum absolute atomic E-state index is 12.8. The molecular formula is C19H22N4O2S. The second kappa shape index (κ2) is 7.70. The van der Waals surface area contributed by atoms with Crippen LogP contribution in [0, 0.1) is 0 Å². The van der Waals surface area contributed by atoms with Gasteiger partial charge in [-0.15, -0.1) is 0 Å². The van der Waals surface area contributed by atoms with Crippen molar-refractivity contribution in [3.8, 4) is 0 Å². The standard InChI is InChI=1S/C19H22N4O2S/c1-3-5-11-23-17(24)13-8-6-7-12-15(21-22-19(26)20-4-2)10-9-14(16(12)13)18(23)25/h6-10,21H,3-5,11H2,1-2H3,(H2,20,22,26). The summed E-state index contributed by atoms with van der Waals surface area (Å²) in [5.41, 5.74) is 7.86. The van der Waals surface area contributed by atoms with Gasteiger partial charge in [0.05, 0.1) is 5.69 Å². The molecule has 0 radical (unpaired) electrons. The zero-order chi connectivity index (χ0) is 18.7. The quantitative estimate of drug-likeness (QED) is 0.412. The van der Waals surface area contributed by atoms with Crippen molar-refractivity contribution in [2.45, 2.75) is 26.7 Å². The fraction of sp³-hybridized carbons (Fsp3) is 0.316. The molecule has 0 spiro atoms. The van der Waals surface area contributed by atoms with Crippen LogP contribution in [0.1, 0.15) is 47.4 Å². The highest BCUT2D eigenvalue weighted by molar-refractivity contribution is 7.80. The highest BCUT2D eigenvalue weighted by Gasteiger charge is 2.32. The first kappa shape index (κ1) is 18.1. The van der Waals surface area contributed by atoms with E-state index in [1.54, 1.807) is 12.1 Å². The van der Waals surface area contributed by atoms with Gasteiger partial charge in [-0.3, -0.25) is 25.3 Å². The molecular weight excluding hydrogens is 348 g/mol. The van der Waals surface area contributed by atoms with Gasteiger partial charge in [-0.2, -0.15) is 0 Å². The van der Waals surface area contributed by atoms with Crippen LogP contribution < -0.4 is 16.2 Å². The first-order chi connectivity index (χ1) is 12.6. The third kappa shape index (κ3) is 3.22. The molecule has 1 heterocycles. The molecule has 0 fully saturated rings. The Balaban J connectivity index is 2.00. The number of imide groups is 1. The van der Waals surface area contributed by atoms with E-state index in [0.29, 0.717) is 34.7 Å². The summed E-state index contributed by atoms with van der Waals surface area (Å²) in [7, 11) is 0. The molecule has 2 aromatic rings. The van der Waals surface area contributed by atoms with Crippen LogP contribution >= 0.6 is 12.2 Å². The predicted molar refractivity (Wildman–Crippen MR) is 107 cm³/mol. The van der Waals surface area contributed by atoms with Gasteiger partial charge in [0.15, 0.2) is 5.11 Å². The lowest BCUT2D eigenvalue weighted by Gasteiger charge is -2.28. The number of amides is 2. The molecule has 1 aliphatic heterocycles. The van der Waals surface area contributed by atoms with Gasteiger partial charge in [0, 0.05) is 35.0 Å². The Morgan fingerprint density at radius 3 is 2.50 bits per heavy atom. The SMILES string of the molecule is CCCCN1C(=O)c2cccc3c(NNC(=S)NCC)ccc(c23)C1=O. The van der Waals surface area contributed by atoms with E-state index in [1.807, 2.05) is 32.0 Å². The zero-order valence-corrected chi connectivity index (χ0v) is 15.7. The van der Waals surface area contributed by atoms with Crippen molar-refractivity contribution in [1.82, 2.24) is 15.6 Å². The number of hydrazine groups is 1. The average Bonchev–Trinajstić information content (AvgIpc) is 2.64. The van der Waals surface area contributed by atoms with Crippen molar-refractivity contribution in [2.75, 3.05) is 18.5 Å². The maximum atomic E-state index is 12.8. The number of anilines is 1. The molecule has 26 heavy (non-hydrogen) atoms. The van der Waals surface area contributed by atoms with Crippen molar-refractivity contribution in [3.63, 3.8) is 0 Å². The normalized spacial score (nSPS) is 13.1. The van der Waals surface area contributed by atoms with Gasteiger partial charge in [0.25, 0.3) is 11.8 Å². The van der Waals surface area contributed by atoms with Crippen molar-refractivity contribution < 1.29 is 9.59 Å². The van der Waals surface area contributed by atoms with Crippen molar-refractivity contribution in [3.05, 3.63) is 41.5 Å². The lowest BCUT2D eigenvalue weighted by molar-refractivity contribution is 0.0608. The smallest absolute Gasteiger partial charge is 0.261 e. The molecule has 0 bridgehead atoms. The summed E-state index contributed by atoms with van der Waals surface area (Å²) >= 11 is 5.15. The summed E-state index contributed by atoms with van der Waals surface area (Å²) in [6.07, 6.45) is 1.72. The molecule has 0 aliphatic carbocycles. The minimum absolute atomic E-state index is 0.227. The Kier molecular flexibility index (Phi) is 5.37. The van der Waals surface area contributed by atoms with Crippen LogP contribution in [-0.4, -0.2) is 34.9 Å². The van der Waals surface area contributed by atoms with Crippen LogP contribution in [-0.2, 0) is 0 Å². The minimum Gasteiger partial charge on any atom is -0.362 e. The Labute approximate surface area is 157 Å². The number of carbonyl (C=O) groups is 2. The number of hydrogen-bond acceptors (Lipinski definition) is 4. The summed E-state index contributed by atoms with van der Waals surface area (Å²) in [4.78, 5) is 27.0. The van der Waals surface area contributed by atoms with Gasteiger partial charge in [-0.1, -0.05) is 25.5 Å². The van der Waals surface area contributed by atoms with Crippen LogP contribution in [0.15, 0.2) is 30.3 Å². The number of carbonyl (C=O) groups excluding carboxylic acids is 2. The molecule has 0 unspecified atom stereocenters. The second-order valence-corrected chi connectivity index (χ2v) is 6.52. The van der Waals surface area contributed by atoms with Gasteiger partial charge in [0.2, 0.25) is 0 Å². The molecule has 6 nitrogen and oxygen atoms in total. The fourth-order valence-corrected chi connectivity index (χ4v) is 3.30. The molecule has 2 amide bonds. The highest BCUT2D eigenvalue weighted by atomic mass is 32.1. The van der Waals surface area contributed by atoms with E-state index in [2.05, 4.69) is 16.2 Å². The van der Waals surface area contributed by atoms with Gasteiger partial charge in [-0.05, 0) is 43.8 Å². The molecule has 0 saturated heterocycles. The van der Waals surface area contributed by atoms with Crippen molar-refractivity contribution >= 4 is 45.6 Å².